The molecule has 1 heterocycles. The number of nitrogens with two attached hydrogens (primary N) is 1. The van der Waals surface area contributed by atoms with Crippen molar-refractivity contribution >= 4 is 18.3 Å². The topological polar surface area (TPSA) is 55.6 Å². The third-order valence-electron chi connectivity index (χ3n) is 4.28. The molecule has 0 aromatic heterocycles. The first-order chi connectivity index (χ1) is 11.1. The highest BCUT2D eigenvalue weighted by Gasteiger charge is 2.34. The van der Waals surface area contributed by atoms with E-state index in [9.17, 15) is 9.18 Å². The molecule has 2 aromatic carbocycles. The van der Waals surface area contributed by atoms with Gasteiger partial charge in [0.25, 0.3) is 5.91 Å². The van der Waals surface area contributed by atoms with Gasteiger partial charge >= 0.3 is 0 Å². The van der Waals surface area contributed by atoms with Crippen LogP contribution in [0.5, 0.6) is 5.75 Å². The molecule has 2 N–H and O–H groups in total. The Morgan fingerprint density at radius 3 is 2.54 bits per heavy atom. The molecular formula is C18H20ClFN2O2. The van der Waals surface area contributed by atoms with Crippen LogP contribution in [0, 0.1) is 5.82 Å². The third kappa shape index (κ3) is 3.52. The van der Waals surface area contributed by atoms with E-state index in [1.165, 1.54) is 19.2 Å². The number of halogens is 2. The van der Waals surface area contributed by atoms with Gasteiger partial charge < -0.3 is 15.4 Å². The number of nitrogens with zero attached hydrogens (tertiary/aromatic N) is 1. The zero-order chi connectivity index (χ0) is 16.4. The number of amides is 1. The van der Waals surface area contributed by atoms with Crippen molar-refractivity contribution in [2.24, 2.45) is 5.73 Å². The fourth-order valence-electron chi connectivity index (χ4n) is 3.03. The maximum absolute atomic E-state index is 13.8. The second-order valence-corrected chi connectivity index (χ2v) is 5.74. The Bertz CT molecular complexity index is 711. The van der Waals surface area contributed by atoms with Crippen LogP contribution in [0.15, 0.2) is 48.5 Å². The molecule has 1 amide bonds. The van der Waals surface area contributed by atoms with Crippen molar-refractivity contribution in [3.63, 3.8) is 0 Å². The molecule has 24 heavy (non-hydrogen) atoms. The summed E-state index contributed by atoms with van der Waals surface area (Å²) in [5.74, 6) is -0.521. The fraction of sp³-hybridized carbons (Fsp3) is 0.278. The van der Waals surface area contributed by atoms with E-state index in [1.54, 1.807) is 11.0 Å². The third-order valence-corrected chi connectivity index (χ3v) is 4.28. The number of carbonyl (C=O) groups is 1. The van der Waals surface area contributed by atoms with Gasteiger partial charge in [0, 0.05) is 30.6 Å². The summed E-state index contributed by atoms with van der Waals surface area (Å²) < 4.78 is 18.7. The number of hydrogen-bond donors (Lipinski definition) is 1. The quantitative estimate of drug-likeness (QED) is 0.926. The zero-order valence-electron chi connectivity index (χ0n) is 13.3. The van der Waals surface area contributed by atoms with Crippen molar-refractivity contribution in [1.82, 2.24) is 4.90 Å². The van der Waals surface area contributed by atoms with Gasteiger partial charge in [0.2, 0.25) is 0 Å². The van der Waals surface area contributed by atoms with Crippen molar-refractivity contribution in [3.8, 4) is 5.75 Å². The Hall–Kier alpha value is -2.11. The Balaban J connectivity index is 0.00000208. The largest absolute Gasteiger partial charge is 0.494 e. The van der Waals surface area contributed by atoms with Gasteiger partial charge in [0.05, 0.1) is 7.11 Å². The lowest BCUT2D eigenvalue weighted by atomic mass is 9.95. The van der Waals surface area contributed by atoms with Crippen molar-refractivity contribution in [3.05, 3.63) is 65.5 Å². The standard InChI is InChI=1S/C18H19FN2O2.ClH/c1-23-17-8-7-13(9-15(17)19)18(22)21-10-14(16(20)11-21)12-5-3-2-4-6-12;/h2-9,14,16H,10-11,20H2,1H3;1H/t14-,16+;/m0./s1. The number of hydrogen-bond acceptors (Lipinski definition) is 3. The minimum Gasteiger partial charge on any atom is -0.494 e. The second-order valence-electron chi connectivity index (χ2n) is 5.74. The fourth-order valence-corrected chi connectivity index (χ4v) is 3.03. The number of rotatable bonds is 3. The molecule has 0 aliphatic carbocycles. The van der Waals surface area contributed by atoms with E-state index in [4.69, 9.17) is 10.5 Å². The first-order valence-corrected chi connectivity index (χ1v) is 7.53. The van der Waals surface area contributed by atoms with Crippen LogP contribution in [-0.4, -0.2) is 37.0 Å². The summed E-state index contributed by atoms with van der Waals surface area (Å²) in [6.45, 7) is 1.00. The van der Waals surface area contributed by atoms with Gasteiger partial charge in [0.15, 0.2) is 11.6 Å². The van der Waals surface area contributed by atoms with E-state index in [0.717, 1.165) is 5.56 Å². The van der Waals surface area contributed by atoms with E-state index in [1.807, 2.05) is 30.3 Å². The van der Waals surface area contributed by atoms with Gasteiger partial charge in [-0.1, -0.05) is 30.3 Å². The highest BCUT2D eigenvalue weighted by molar-refractivity contribution is 5.94. The SMILES string of the molecule is COc1ccc(C(=O)N2C[C@@H](N)[C@H](c3ccccc3)C2)cc1F.Cl. The first kappa shape index (κ1) is 18.2. The number of methoxy groups -OCH3 is 1. The maximum Gasteiger partial charge on any atom is 0.254 e. The van der Waals surface area contributed by atoms with Crippen molar-refractivity contribution < 1.29 is 13.9 Å². The Labute approximate surface area is 146 Å². The lowest BCUT2D eigenvalue weighted by Crippen LogP contribution is -2.32. The highest BCUT2D eigenvalue weighted by Crippen LogP contribution is 2.28. The van der Waals surface area contributed by atoms with Gasteiger partial charge in [0.1, 0.15) is 0 Å². The molecular weight excluding hydrogens is 331 g/mol. The molecule has 2 aromatic rings. The smallest absolute Gasteiger partial charge is 0.254 e. The molecule has 1 aliphatic heterocycles. The average molecular weight is 351 g/mol. The molecule has 128 valence electrons. The molecule has 0 spiro atoms. The molecule has 4 nitrogen and oxygen atoms in total. The van der Waals surface area contributed by atoms with Gasteiger partial charge in [-0.2, -0.15) is 0 Å². The van der Waals surface area contributed by atoms with E-state index >= 15 is 0 Å². The maximum atomic E-state index is 13.8. The van der Waals surface area contributed by atoms with Crippen molar-refractivity contribution in [2.45, 2.75) is 12.0 Å². The summed E-state index contributed by atoms with van der Waals surface area (Å²) in [5, 5.41) is 0. The Morgan fingerprint density at radius 1 is 1.21 bits per heavy atom. The molecule has 2 atom stereocenters. The van der Waals surface area contributed by atoms with Crippen LogP contribution < -0.4 is 10.5 Å². The van der Waals surface area contributed by atoms with Crippen LogP contribution in [0.25, 0.3) is 0 Å². The molecule has 1 fully saturated rings. The molecule has 1 aliphatic rings. The van der Waals surface area contributed by atoms with Gasteiger partial charge in [-0.3, -0.25) is 4.79 Å². The minimum atomic E-state index is -0.540. The molecule has 0 radical (unpaired) electrons. The van der Waals surface area contributed by atoms with Gasteiger partial charge in [-0.25, -0.2) is 4.39 Å². The normalized spacial score (nSPS) is 19.7. The summed E-state index contributed by atoms with van der Waals surface area (Å²) in [5.41, 5.74) is 7.64. The van der Waals surface area contributed by atoms with Crippen LogP contribution in [0.4, 0.5) is 4.39 Å². The Morgan fingerprint density at radius 2 is 1.92 bits per heavy atom. The lowest BCUT2D eigenvalue weighted by molar-refractivity contribution is 0.0788. The van der Waals surface area contributed by atoms with E-state index < -0.39 is 5.82 Å². The van der Waals surface area contributed by atoms with E-state index in [-0.39, 0.29) is 36.0 Å². The summed E-state index contributed by atoms with van der Waals surface area (Å²) in [6.07, 6.45) is 0. The predicted octanol–water partition coefficient (Wildman–Crippen LogP) is 2.82. The Kier molecular flexibility index (Phi) is 5.80. The molecule has 0 bridgehead atoms. The molecule has 0 saturated carbocycles. The van der Waals surface area contributed by atoms with Gasteiger partial charge in [-0.15, -0.1) is 12.4 Å². The van der Waals surface area contributed by atoms with Crippen LogP contribution in [-0.2, 0) is 0 Å². The molecule has 6 heteroatoms. The molecule has 3 rings (SSSR count). The lowest BCUT2D eigenvalue weighted by Gasteiger charge is -2.17. The van der Waals surface area contributed by atoms with Crippen LogP contribution >= 0.6 is 12.4 Å². The highest BCUT2D eigenvalue weighted by atomic mass is 35.5. The number of likely N-dealkylation sites (tertiary alicyclic amines) is 1. The summed E-state index contributed by atoms with van der Waals surface area (Å²) >= 11 is 0. The van der Waals surface area contributed by atoms with E-state index in [0.29, 0.717) is 18.7 Å². The number of carbonyl (C=O) groups excluding carboxylic acids is 1. The summed E-state index contributed by atoms with van der Waals surface area (Å²) in [6, 6.07) is 14.0. The van der Waals surface area contributed by atoms with Crippen LogP contribution in [0.2, 0.25) is 0 Å². The summed E-state index contributed by atoms with van der Waals surface area (Å²) in [4.78, 5) is 14.3. The minimum absolute atomic E-state index is 0. The molecule has 1 saturated heterocycles. The predicted molar refractivity (Wildman–Crippen MR) is 93.3 cm³/mol. The van der Waals surface area contributed by atoms with Crippen molar-refractivity contribution in [2.75, 3.05) is 20.2 Å². The zero-order valence-corrected chi connectivity index (χ0v) is 14.1. The second kappa shape index (κ2) is 7.64. The molecule has 0 unspecified atom stereocenters. The average Bonchev–Trinajstić information content (AvgIpc) is 2.96. The summed E-state index contributed by atoms with van der Waals surface area (Å²) in [7, 11) is 1.39. The first-order valence-electron chi connectivity index (χ1n) is 7.53. The van der Waals surface area contributed by atoms with Crippen LogP contribution in [0.1, 0.15) is 21.8 Å². The number of benzene rings is 2. The van der Waals surface area contributed by atoms with E-state index in [2.05, 4.69) is 0 Å². The number of ether oxygens (including phenoxy) is 1. The monoisotopic (exact) mass is 350 g/mol. The van der Waals surface area contributed by atoms with Crippen molar-refractivity contribution in [1.29, 1.82) is 0 Å². The van der Waals surface area contributed by atoms with Gasteiger partial charge in [-0.05, 0) is 23.8 Å². The van der Waals surface area contributed by atoms with Crippen LogP contribution in [0.3, 0.4) is 0 Å².